The minimum Gasteiger partial charge on any atom is -0.481 e. The minimum absolute atomic E-state index is 0.301. The Balaban J connectivity index is 0. The Bertz CT molecular complexity index is 208. The van der Waals surface area contributed by atoms with Crippen molar-refractivity contribution in [2.45, 2.75) is 59.2 Å². The van der Waals surface area contributed by atoms with Gasteiger partial charge in [0.25, 0.3) is 0 Å². The molecule has 0 aliphatic heterocycles. The van der Waals surface area contributed by atoms with Crippen LogP contribution < -0.4 is 0 Å². The quantitative estimate of drug-likeness (QED) is 0.382. The molecule has 0 amide bonds. The van der Waals surface area contributed by atoms with Crippen molar-refractivity contribution >= 4 is 5.97 Å². The van der Waals surface area contributed by atoms with Gasteiger partial charge in [-0.25, -0.2) is 0 Å². The third-order valence-corrected chi connectivity index (χ3v) is 1.53. The number of carboxylic acids is 1. The van der Waals surface area contributed by atoms with Gasteiger partial charge in [0.2, 0.25) is 0 Å². The maximum absolute atomic E-state index is 10.1. The van der Waals surface area contributed by atoms with Gasteiger partial charge in [-0.05, 0) is 39.0 Å². The van der Waals surface area contributed by atoms with Crippen molar-refractivity contribution in [1.82, 2.24) is 0 Å². The van der Waals surface area contributed by atoms with Crippen molar-refractivity contribution in [3.8, 4) is 0 Å². The number of hydrogen-bond acceptors (Lipinski definition) is 3. The summed E-state index contributed by atoms with van der Waals surface area (Å²) in [5.74, 6) is -1.59. The number of aliphatic hydroxyl groups is 2. The molecule has 0 heterocycles. The van der Waals surface area contributed by atoms with Crippen LogP contribution in [0, 0.1) is 5.92 Å². The van der Waals surface area contributed by atoms with Gasteiger partial charge in [-0.2, -0.15) is 0 Å². The second kappa shape index (κ2) is 10.3. The van der Waals surface area contributed by atoms with Crippen molar-refractivity contribution in [3.05, 3.63) is 12.2 Å². The SMILES string of the molecule is CC(C)(O)O.CC(C)/C=C/CCCCC(=O)O. The van der Waals surface area contributed by atoms with Gasteiger partial charge in [0.15, 0.2) is 5.79 Å². The van der Waals surface area contributed by atoms with E-state index in [1.807, 2.05) is 0 Å². The molecular formula is C13H26O4. The van der Waals surface area contributed by atoms with Gasteiger partial charge >= 0.3 is 5.97 Å². The lowest BCUT2D eigenvalue weighted by atomic mass is 10.1. The summed E-state index contributed by atoms with van der Waals surface area (Å²) in [6, 6.07) is 0. The Labute approximate surface area is 104 Å². The van der Waals surface area contributed by atoms with Gasteiger partial charge in [-0.15, -0.1) is 0 Å². The second-order valence-corrected chi connectivity index (χ2v) is 4.81. The van der Waals surface area contributed by atoms with E-state index in [0.717, 1.165) is 19.3 Å². The van der Waals surface area contributed by atoms with Gasteiger partial charge in [0.05, 0.1) is 0 Å². The Morgan fingerprint density at radius 1 is 1.24 bits per heavy atom. The molecule has 102 valence electrons. The highest BCUT2D eigenvalue weighted by Gasteiger charge is 2.00. The molecule has 0 fully saturated rings. The largest absolute Gasteiger partial charge is 0.481 e. The van der Waals surface area contributed by atoms with Gasteiger partial charge in [0.1, 0.15) is 0 Å². The van der Waals surface area contributed by atoms with Crippen LogP contribution in [-0.2, 0) is 4.79 Å². The molecule has 4 heteroatoms. The zero-order chi connectivity index (χ0) is 13.9. The van der Waals surface area contributed by atoms with Crippen LogP contribution in [0.5, 0.6) is 0 Å². The fraction of sp³-hybridized carbons (Fsp3) is 0.769. The summed E-state index contributed by atoms with van der Waals surface area (Å²) in [7, 11) is 0. The van der Waals surface area contributed by atoms with E-state index in [-0.39, 0.29) is 0 Å². The highest BCUT2D eigenvalue weighted by molar-refractivity contribution is 5.66. The number of carbonyl (C=O) groups is 1. The molecule has 3 N–H and O–H groups in total. The van der Waals surface area contributed by atoms with Crippen LogP contribution in [-0.4, -0.2) is 27.1 Å². The summed E-state index contributed by atoms with van der Waals surface area (Å²) in [5.41, 5.74) is 0. The van der Waals surface area contributed by atoms with E-state index in [1.165, 1.54) is 13.8 Å². The molecule has 0 spiro atoms. The molecule has 0 aliphatic rings. The van der Waals surface area contributed by atoms with Crippen LogP contribution in [0.4, 0.5) is 0 Å². The highest BCUT2D eigenvalue weighted by Crippen LogP contribution is 2.02. The Morgan fingerprint density at radius 2 is 1.71 bits per heavy atom. The standard InChI is InChI=1S/C10H18O2.C3H8O2/c1-9(2)7-5-3-4-6-8-10(11)12;1-3(2,4)5/h5,7,9H,3-4,6,8H2,1-2H3,(H,11,12);4-5H,1-2H3/b7-5+;. The first kappa shape index (κ1) is 18.5. The van der Waals surface area contributed by atoms with Gasteiger partial charge in [-0.3, -0.25) is 4.79 Å². The number of hydrogen-bond donors (Lipinski definition) is 3. The zero-order valence-electron chi connectivity index (χ0n) is 11.3. The molecule has 0 aliphatic carbocycles. The number of unbranched alkanes of at least 4 members (excludes halogenated alkanes) is 2. The van der Waals surface area contributed by atoms with Crippen LogP contribution in [0.15, 0.2) is 12.2 Å². The molecule has 0 saturated heterocycles. The van der Waals surface area contributed by atoms with Gasteiger partial charge < -0.3 is 15.3 Å². The fourth-order valence-electron chi connectivity index (χ4n) is 0.907. The summed E-state index contributed by atoms with van der Waals surface area (Å²) < 4.78 is 0. The molecule has 0 aromatic rings. The van der Waals surface area contributed by atoms with Crippen molar-refractivity contribution in [2.24, 2.45) is 5.92 Å². The molecule has 0 unspecified atom stereocenters. The number of aliphatic carboxylic acids is 1. The molecule has 0 aromatic carbocycles. The summed E-state index contributed by atoms with van der Waals surface area (Å²) in [5, 5.41) is 24.5. The van der Waals surface area contributed by atoms with E-state index in [4.69, 9.17) is 15.3 Å². The number of allylic oxidation sites excluding steroid dienone is 2. The topological polar surface area (TPSA) is 77.8 Å². The smallest absolute Gasteiger partial charge is 0.303 e. The number of carboxylic acid groups (broad SMARTS) is 1. The molecule has 0 atom stereocenters. The normalized spacial score (nSPS) is 11.5. The van der Waals surface area contributed by atoms with E-state index in [2.05, 4.69) is 26.0 Å². The second-order valence-electron chi connectivity index (χ2n) is 4.81. The summed E-state index contributed by atoms with van der Waals surface area (Å²) in [6.45, 7) is 6.86. The summed E-state index contributed by atoms with van der Waals surface area (Å²) in [4.78, 5) is 10.1. The molecule has 0 aromatic heterocycles. The third-order valence-electron chi connectivity index (χ3n) is 1.53. The van der Waals surface area contributed by atoms with Crippen molar-refractivity contribution in [1.29, 1.82) is 0 Å². The predicted molar refractivity (Wildman–Crippen MR) is 68.6 cm³/mol. The average molecular weight is 246 g/mol. The lowest BCUT2D eigenvalue weighted by Crippen LogP contribution is -2.15. The van der Waals surface area contributed by atoms with E-state index in [0.29, 0.717) is 12.3 Å². The van der Waals surface area contributed by atoms with Gasteiger partial charge in [0, 0.05) is 6.42 Å². The maximum Gasteiger partial charge on any atom is 0.303 e. The van der Waals surface area contributed by atoms with Crippen LogP contribution in [0.2, 0.25) is 0 Å². The minimum atomic E-state index is -1.50. The van der Waals surface area contributed by atoms with Crippen molar-refractivity contribution in [2.75, 3.05) is 0 Å². The lowest BCUT2D eigenvalue weighted by molar-refractivity contribution is -0.137. The first-order valence-corrected chi connectivity index (χ1v) is 5.96. The van der Waals surface area contributed by atoms with E-state index >= 15 is 0 Å². The monoisotopic (exact) mass is 246 g/mol. The highest BCUT2D eigenvalue weighted by atomic mass is 16.5. The van der Waals surface area contributed by atoms with Crippen molar-refractivity contribution in [3.63, 3.8) is 0 Å². The Morgan fingerprint density at radius 3 is 2.06 bits per heavy atom. The van der Waals surface area contributed by atoms with Crippen LogP contribution >= 0.6 is 0 Å². The fourth-order valence-corrected chi connectivity index (χ4v) is 0.907. The molecular weight excluding hydrogens is 220 g/mol. The van der Waals surface area contributed by atoms with Crippen LogP contribution in [0.1, 0.15) is 53.4 Å². The lowest BCUT2D eigenvalue weighted by Gasteiger charge is -2.03. The number of rotatable bonds is 6. The molecule has 17 heavy (non-hydrogen) atoms. The molecule has 0 bridgehead atoms. The third kappa shape index (κ3) is 39.5. The zero-order valence-corrected chi connectivity index (χ0v) is 11.3. The summed E-state index contributed by atoms with van der Waals surface area (Å²) >= 11 is 0. The van der Waals surface area contributed by atoms with E-state index < -0.39 is 11.8 Å². The average Bonchev–Trinajstić information content (AvgIpc) is 2.07. The van der Waals surface area contributed by atoms with Crippen LogP contribution in [0.25, 0.3) is 0 Å². The first-order chi connectivity index (χ1) is 7.63. The van der Waals surface area contributed by atoms with Gasteiger partial charge in [-0.1, -0.05) is 26.0 Å². The molecule has 0 rings (SSSR count). The Kier molecular flexibility index (Phi) is 11.2. The predicted octanol–water partition coefficient (Wildman–Crippen LogP) is 2.55. The molecule has 4 nitrogen and oxygen atoms in total. The molecule has 0 saturated carbocycles. The van der Waals surface area contributed by atoms with E-state index in [9.17, 15) is 4.79 Å². The Hall–Kier alpha value is -0.870. The summed E-state index contributed by atoms with van der Waals surface area (Å²) in [6.07, 6.45) is 7.36. The molecule has 0 radical (unpaired) electrons. The van der Waals surface area contributed by atoms with Crippen molar-refractivity contribution < 1.29 is 20.1 Å². The van der Waals surface area contributed by atoms with E-state index in [1.54, 1.807) is 0 Å². The van der Waals surface area contributed by atoms with Crippen LogP contribution in [0.3, 0.4) is 0 Å². The first-order valence-electron chi connectivity index (χ1n) is 5.96. The maximum atomic E-state index is 10.1.